The van der Waals surface area contributed by atoms with Crippen molar-refractivity contribution in [3.8, 4) is 5.75 Å². The Balaban J connectivity index is 1.22. The molecule has 2 atom stereocenters. The Bertz CT molecular complexity index is 1570. The molecule has 2 bridgehead atoms. The average molecular weight is 456 g/mol. The third kappa shape index (κ3) is 3.31. The molecule has 7 heteroatoms. The minimum atomic E-state index is -0.390. The summed E-state index contributed by atoms with van der Waals surface area (Å²) in [5, 5.41) is 2.21. The lowest BCUT2D eigenvalue weighted by Gasteiger charge is -2.42. The number of ether oxygens (including phenoxy) is 1. The van der Waals surface area contributed by atoms with Crippen molar-refractivity contribution in [2.45, 2.75) is 25.8 Å². The standard InChI is InChI=1S/C27H24N2O5/c1-16-23(10-9-20-19-5-2-3-6-21(19)27(32)34-26(16)20)33-15-25(31)28-12-17-11-18(14-28)22-7-4-8-24(30)29(22)13-17/h2-10,17-18H,11-15H2,1H3/t17-,18+/m1/s1. The van der Waals surface area contributed by atoms with Gasteiger partial charge in [0.25, 0.3) is 11.5 Å². The molecule has 0 aliphatic carbocycles. The van der Waals surface area contributed by atoms with Crippen LogP contribution in [0.5, 0.6) is 5.75 Å². The molecule has 0 spiro atoms. The molecule has 0 radical (unpaired) electrons. The van der Waals surface area contributed by atoms with E-state index < -0.39 is 5.63 Å². The van der Waals surface area contributed by atoms with Gasteiger partial charge < -0.3 is 18.6 Å². The molecule has 0 N–H and O–H groups in total. The van der Waals surface area contributed by atoms with E-state index in [9.17, 15) is 14.4 Å². The van der Waals surface area contributed by atoms with Crippen LogP contribution >= 0.6 is 0 Å². The Morgan fingerprint density at radius 1 is 0.971 bits per heavy atom. The third-order valence-electron chi connectivity index (χ3n) is 7.17. The summed E-state index contributed by atoms with van der Waals surface area (Å²) in [6.45, 7) is 3.59. The van der Waals surface area contributed by atoms with Crippen LogP contribution in [-0.4, -0.2) is 35.1 Å². The van der Waals surface area contributed by atoms with Gasteiger partial charge in [0.1, 0.15) is 11.3 Å². The number of rotatable bonds is 3. The van der Waals surface area contributed by atoms with Crippen molar-refractivity contribution in [2.75, 3.05) is 19.7 Å². The molecule has 0 saturated carbocycles. The second-order valence-corrected chi connectivity index (χ2v) is 9.29. The van der Waals surface area contributed by atoms with Gasteiger partial charge in [-0.15, -0.1) is 0 Å². The Morgan fingerprint density at radius 2 is 1.79 bits per heavy atom. The van der Waals surface area contributed by atoms with Crippen LogP contribution in [-0.2, 0) is 11.3 Å². The molecule has 6 rings (SSSR count). The molecule has 2 aliphatic rings. The molecule has 34 heavy (non-hydrogen) atoms. The van der Waals surface area contributed by atoms with Crippen molar-refractivity contribution in [1.82, 2.24) is 9.47 Å². The van der Waals surface area contributed by atoms with Crippen LogP contribution < -0.4 is 15.9 Å². The zero-order valence-corrected chi connectivity index (χ0v) is 18.8. The molecule has 4 aromatic rings. The molecule has 2 aromatic carbocycles. The summed E-state index contributed by atoms with van der Waals surface area (Å²) >= 11 is 0. The molecule has 1 amide bonds. The zero-order chi connectivity index (χ0) is 23.4. The number of piperidine rings is 1. The number of hydrogen-bond acceptors (Lipinski definition) is 5. The summed E-state index contributed by atoms with van der Waals surface area (Å²) in [4.78, 5) is 39.6. The lowest BCUT2D eigenvalue weighted by atomic mass is 9.83. The van der Waals surface area contributed by atoms with Gasteiger partial charge in [0.05, 0.1) is 5.39 Å². The summed E-state index contributed by atoms with van der Waals surface area (Å²) in [7, 11) is 0. The van der Waals surface area contributed by atoms with Gasteiger partial charge in [-0.1, -0.05) is 24.3 Å². The molecule has 0 unspecified atom stereocenters. The molecular weight excluding hydrogens is 432 g/mol. The molecule has 1 saturated heterocycles. The lowest BCUT2D eigenvalue weighted by Crippen LogP contribution is -2.50. The summed E-state index contributed by atoms with van der Waals surface area (Å²) < 4.78 is 13.4. The zero-order valence-electron chi connectivity index (χ0n) is 18.8. The van der Waals surface area contributed by atoms with Crippen molar-refractivity contribution in [2.24, 2.45) is 5.92 Å². The number of aryl methyl sites for hydroxylation is 1. The maximum Gasteiger partial charge on any atom is 0.344 e. The van der Waals surface area contributed by atoms with Crippen LogP contribution in [0.25, 0.3) is 21.7 Å². The fourth-order valence-electron chi connectivity index (χ4n) is 5.55. The first-order valence-corrected chi connectivity index (χ1v) is 11.5. The van der Waals surface area contributed by atoms with Gasteiger partial charge in [0, 0.05) is 48.3 Å². The number of benzene rings is 2. The van der Waals surface area contributed by atoms with Gasteiger partial charge in [0.15, 0.2) is 6.61 Å². The molecule has 4 heterocycles. The minimum Gasteiger partial charge on any atom is -0.483 e. The van der Waals surface area contributed by atoms with Crippen molar-refractivity contribution in [3.63, 3.8) is 0 Å². The largest absolute Gasteiger partial charge is 0.483 e. The first-order chi connectivity index (χ1) is 16.5. The number of carbonyl (C=O) groups is 1. The molecule has 7 nitrogen and oxygen atoms in total. The summed E-state index contributed by atoms with van der Waals surface area (Å²) in [5.74, 6) is 0.866. The fraction of sp³-hybridized carbons (Fsp3) is 0.296. The monoisotopic (exact) mass is 456 g/mol. The van der Waals surface area contributed by atoms with Crippen molar-refractivity contribution in [3.05, 3.63) is 86.6 Å². The summed E-state index contributed by atoms with van der Waals surface area (Å²) in [6, 6.07) is 16.4. The van der Waals surface area contributed by atoms with E-state index in [-0.39, 0.29) is 29.9 Å². The Labute approximate surface area is 195 Å². The van der Waals surface area contributed by atoms with Crippen LogP contribution in [0.2, 0.25) is 0 Å². The van der Waals surface area contributed by atoms with E-state index in [1.165, 1.54) is 0 Å². The fourth-order valence-corrected chi connectivity index (χ4v) is 5.55. The van der Waals surface area contributed by atoms with E-state index in [2.05, 4.69) is 0 Å². The van der Waals surface area contributed by atoms with Crippen molar-refractivity contribution < 1.29 is 13.9 Å². The topological polar surface area (TPSA) is 81.8 Å². The smallest absolute Gasteiger partial charge is 0.344 e. The van der Waals surface area contributed by atoms with Crippen LogP contribution in [0.3, 0.4) is 0 Å². The van der Waals surface area contributed by atoms with Gasteiger partial charge in [-0.25, -0.2) is 4.79 Å². The van der Waals surface area contributed by atoms with Crippen LogP contribution in [0.1, 0.15) is 23.6 Å². The van der Waals surface area contributed by atoms with Crippen molar-refractivity contribution >= 4 is 27.6 Å². The number of pyridine rings is 1. The number of fused-ring (bicyclic) bond motifs is 7. The van der Waals surface area contributed by atoms with E-state index in [1.54, 1.807) is 18.2 Å². The van der Waals surface area contributed by atoms with E-state index in [1.807, 2.05) is 52.8 Å². The van der Waals surface area contributed by atoms with Gasteiger partial charge in [-0.3, -0.25) is 9.59 Å². The SMILES string of the molecule is Cc1c(OCC(=O)N2C[C@H]3C[C@@H](C2)c2cccc(=O)n2C3)ccc2c1oc(=O)c1ccccc12. The van der Waals surface area contributed by atoms with E-state index in [4.69, 9.17) is 9.15 Å². The second kappa shape index (κ2) is 7.87. The third-order valence-corrected chi connectivity index (χ3v) is 7.17. The maximum atomic E-state index is 13.0. The highest BCUT2D eigenvalue weighted by Gasteiger charge is 2.36. The van der Waals surface area contributed by atoms with E-state index in [0.717, 1.165) is 22.9 Å². The normalized spacial score (nSPS) is 19.3. The number of likely N-dealkylation sites (tertiary alicyclic amines) is 1. The van der Waals surface area contributed by atoms with Crippen molar-refractivity contribution in [1.29, 1.82) is 0 Å². The van der Waals surface area contributed by atoms with Gasteiger partial charge in [0.2, 0.25) is 0 Å². The first kappa shape index (κ1) is 20.7. The van der Waals surface area contributed by atoms with Gasteiger partial charge in [-0.2, -0.15) is 0 Å². The highest BCUT2D eigenvalue weighted by atomic mass is 16.5. The second-order valence-electron chi connectivity index (χ2n) is 9.29. The van der Waals surface area contributed by atoms with Crippen LogP contribution in [0.15, 0.2) is 68.6 Å². The summed E-state index contributed by atoms with van der Waals surface area (Å²) in [5.41, 5.74) is 1.81. The van der Waals surface area contributed by atoms with Crippen LogP contribution in [0.4, 0.5) is 0 Å². The van der Waals surface area contributed by atoms with Gasteiger partial charge in [-0.05, 0) is 48.9 Å². The highest BCUT2D eigenvalue weighted by Crippen LogP contribution is 2.35. The predicted octanol–water partition coefficient (Wildman–Crippen LogP) is 3.44. The number of carbonyl (C=O) groups excluding carboxylic acids is 1. The molecule has 172 valence electrons. The average Bonchev–Trinajstić information content (AvgIpc) is 2.85. The first-order valence-electron chi connectivity index (χ1n) is 11.5. The number of hydrogen-bond donors (Lipinski definition) is 0. The lowest BCUT2D eigenvalue weighted by molar-refractivity contribution is -0.136. The number of aromatic nitrogens is 1. The molecule has 2 aromatic heterocycles. The maximum absolute atomic E-state index is 13.0. The van der Waals surface area contributed by atoms with E-state index >= 15 is 0 Å². The van der Waals surface area contributed by atoms with Crippen LogP contribution in [0, 0.1) is 12.8 Å². The number of amides is 1. The van der Waals surface area contributed by atoms with E-state index in [0.29, 0.717) is 41.9 Å². The minimum absolute atomic E-state index is 0.0292. The number of nitrogens with zero attached hydrogens (tertiary/aromatic N) is 2. The Hall–Kier alpha value is -3.87. The highest BCUT2D eigenvalue weighted by molar-refractivity contribution is 6.05. The predicted molar refractivity (Wildman–Crippen MR) is 128 cm³/mol. The summed E-state index contributed by atoms with van der Waals surface area (Å²) in [6.07, 6.45) is 0.991. The molecule has 1 fully saturated rings. The molecular formula is C27H24N2O5. The molecule has 2 aliphatic heterocycles. The quantitative estimate of drug-likeness (QED) is 0.348. The Kier molecular flexibility index (Phi) is 4.79. The van der Waals surface area contributed by atoms with Gasteiger partial charge >= 0.3 is 5.63 Å². The Morgan fingerprint density at radius 3 is 2.65 bits per heavy atom.